The Balaban J connectivity index is 1.29. The van der Waals surface area contributed by atoms with Crippen LogP contribution in [-0.4, -0.2) is 94.5 Å². The van der Waals surface area contributed by atoms with E-state index in [0.29, 0.717) is 30.2 Å². The lowest BCUT2D eigenvalue weighted by atomic mass is 9.96. The second kappa shape index (κ2) is 12.5. The number of alkyl halides is 3. The third-order valence-electron chi connectivity index (χ3n) is 7.70. The number of hydrogen-bond acceptors (Lipinski definition) is 9. The minimum Gasteiger partial charge on any atom is -0.493 e. The highest BCUT2D eigenvalue weighted by Crippen LogP contribution is 2.44. The summed E-state index contributed by atoms with van der Waals surface area (Å²) in [5, 5.41) is 7.10. The molecule has 246 valence electrons. The fourth-order valence-electron chi connectivity index (χ4n) is 5.36. The Bertz CT molecular complexity index is 1610. The van der Waals surface area contributed by atoms with E-state index in [4.69, 9.17) is 14.2 Å². The highest BCUT2D eigenvalue weighted by Gasteiger charge is 2.47. The summed E-state index contributed by atoms with van der Waals surface area (Å²) in [6, 6.07) is 6.18. The number of nitrogens with zero attached hydrogens (tertiary/aromatic N) is 5. The van der Waals surface area contributed by atoms with Gasteiger partial charge in [-0.2, -0.15) is 18.3 Å². The van der Waals surface area contributed by atoms with Gasteiger partial charge in [-0.1, -0.05) is 6.07 Å². The number of amides is 2. The maximum Gasteiger partial charge on any atom is 0.410 e. The van der Waals surface area contributed by atoms with Crippen LogP contribution in [0.5, 0.6) is 11.5 Å². The molecule has 1 fully saturated rings. The fourth-order valence-corrected chi connectivity index (χ4v) is 5.36. The van der Waals surface area contributed by atoms with Gasteiger partial charge in [-0.15, -0.1) is 0 Å². The fraction of sp³-hybridized carbons (Fsp3) is 0.452. The van der Waals surface area contributed by atoms with E-state index in [-0.39, 0.29) is 48.2 Å². The third-order valence-corrected chi connectivity index (χ3v) is 7.70. The Morgan fingerprint density at radius 3 is 2.15 bits per heavy atom. The summed E-state index contributed by atoms with van der Waals surface area (Å²) < 4.78 is 59.4. The van der Waals surface area contributed by atoms with Gasteiger partial charge >= 0.3 is 12.3 Å². The smallest absolute Gasteiger partial charge is 0.410 e. The number of rotatable bonds is 6. The van der Waals surface area contributed by atoms with E-state index in [1.807, 2.05) is 0 Å². The maximum atomic E-state index is 14.2. The van der Waals surface area contributed by atoms with Crippen molar-refractivity contribution in [1.29, 1.82) is 0 Å². The number of methoxy groups -OCH3 is 2. The van der Waals surface area contributed by atoms with Crippen molar-refractivity contribution in [3.8, 4) is 11.5 Å². The first-order valence-corrected chi connectivity index (χ1v) is 14.6. The van der Waals surface area contributed by atoms with Crippen molar-refractivity contribution >= 4 is 23.6 Å². The van der Waals surface area contributed by atoms with Crippen LogP contribution in [0.15, 0.2) is 42.6 Å². The summed E-state index contributed by atoms with van der Waals surface area (Å²) in [4.78, 5) is 45.9. The first kappa shape index (κ1) is 32.6. The highest BCUT2D eigenvalue weighted by atomic mass is 19.4. The predicted molar refractivity (Wildman–Crippen MR) is 159 cm³/mol. The lowest BCUT2D eigenvalue weighted by molar-refractivity contribution is -0.173. The van der Waals surface area contributed by atoms with Crippen LogP contribution < -0.4 is 14.8 Å². The summed E-state index contributed by atoms with van der Waals surface area (Å²) in [7, 11) is 2.90. The Morgan fingerprint density at radius 2 is 1.57 bits per heavy atom. The molecule has 2 atom stereocenters. The molecule has 15 heteroatoms. The molecule has 0 spiro atoms. The topological polar surface area (TPSA) is 128 Å². The van der Waals surface area contributed by atoms with Gasteiger partial charge in [-0.3, -0.25) is 14.6 Å². The van der Waals surface area contributed by atoms with E-state index in [2.05, 4.69) is 15.4 Å². The molecule has 5 rings (SSSR count). The van der Waals surface area contributed by atoms with Gasteiger partial charge in [0.05, 0.1) is 20.3 Å². The van der Waals surface area contributed by atoms with E-state index >= 15 is 0 Å². The van der Waals surface area contributed by atoms with E-state index in [1.54, 1.807) is 43.9 Å². The number of ketones is 1. The van der Waals surface area contributed by atoms with Crippen LogP contribution in [0.1, 0.15) is 71.4 Å². The number of halogens is 3. The first-order valence-electron chi connectivity index (χ1n) is 14.6. The second-order valence-electron chi connectivity index (χ2n) is 12.0. The Hall–Kier alpha value is -4.82. The molecule has 0 saturated carbocycles. The molecule has 0 bridgehead atoms. The highest BCUT2D eigenvalue weighted by molar-refractivity contribution is 6.08. The molecule has 46 heavy (non-hydrogen) atoms. The minimum absolute atomic E-state index is 0.0296. The SMILES string of the molecule is COc1ccc(C2CC(C(F)(F)F)n3nc(C(=O)c4ccc(C(=O)N5CCN(C(=O)OC(C)(C)C)CC5)nc4)cc3N2)cc1OC. The van der Waals surface area contributed by atoms with Crippen LogP contribution in [0.3, 0.4) is 0 Å². The van der Waals surface area contributed by atoms with Crippen LogP contribution >= 0.6 is 0 Å². The van der Waals surface area contributed by atoms with Gasteiger partial charge in [0.2, 0.25) is 5.78 Å². The van der Waals surface area contributed by atoms with Gasteiger partial charge < -0.3 is 29.3 Å². The third kappa shape index (κ3) is 6.87. The summed E-state index contributed by atoms with van der Waals surface area (Å²) in [6.45, 7) is 6.47. The van der Waals surface area contributed by atoms with Gasteiger partial charge in [0.25, 0.3) is 5.91 Å². The van der Waals surface area contributed by atoms with E-state index < -0.39 is 35.7 Å². The van der Waals surface area contributed by atoms with Crippen molar-refractivity contribution in [2.45, 2.75) is 51.1 Å². The molecule has 3 aromatic rings. The number of carbonyl (C=O) groups excluding carboxylic acids is 3. The van der Waals surface area contributed by atoms with E-state index in [1.165, 1.54) is 43.5 Å². The molecule has 2 unspecified atom stereocenters. The van der Waals surface area contributed by atoms with Gasteiger partial charge in [-0.05, 0) is 50.6 Å². The molecule has 2 amide bonds. The van der Waals surface area contributed by atoms with Gasteiger partial charge in [0.1, 0.15) is 22.8 Å². The van der Waals surface area contributed by atoms with Crippen molar-refractivity contribution < 1.29 is 41.8 Å². The van der Waals surface area contributed by atoms with Gasteiger partial charge in [-0.25, -0.2) is 9.48 Å². The number of nitrogens with one attached hydrogen (secondary N) is 1. The number of pyridine rings is 1. The first-order chi connectivity index (χ1) is 21.7. The van der Waals surface area contributed by atoms with Crippen molar-refractivity contribution in [3.63, 3.8) is 0 Å². The Morgan fingerprint density at radius 1 is 0.891 bits per heavy atom. The Labute approximate surface area is 263 Å². The van der Waals surface area contributed by atoms with Crippen molar-refractivity contribution in [2.24, 2.45) is 0 Å². The van der Waals surface area contributed by atoms with E-state index in [9.17, 15) is 27.6 Å². The molecule has 2 aliphatic rings. The Kier molecular flexibility index (Phi) is 8.87. The van der Waals surface area contributed by atoms with Crippen LogP contribution in [-0.2, 0) is 4.74 Å². The molecule has 1 saturated heterocycles. The van der Waals surface area contributed by atoms with Crippen LogP contribution in [0.25, 0.3) is 0 Å². The molecule has 2 aliphatic heterocycles. The lowest BCUT2D eigenvalue weighted by Gasteiger charge is -2.35. The zero-order chi connectivity index (χ0) is 33.4. The minimum atomic E-state index is -4.64. The van der Waals surface area contributed by atoms with Crippen LogP contribution in [0.4, 0.5) is 23.8 Å². The van der Waals surface area contributed by atoms with Crippen LogP contribution in [0.2, 0.25) is 0 Å². The van der Waals surface area contributed by atoms with E-state index in [0.717, 1.165) is 4.68 Å². The van der Waals surface area contributed by atoms with Gasteiger partial charge in [0.15, 0.2) is 17.5 Å². The van der Waals surface area contributed by atoms with Crippen molar-refractivity contribution in [1.82, 2.24) is 24.6 Å². The number of aromatic nitrogens is 3. The molecular formula is C31H35F3N6O6. The second-order valence-corrected chi connectivity index (χ2v) is 12.0. The molecule has 0 aliphatic carbocycles. The normalized spacial score (nSPS) is 18.3. The molecule has 1 aromatic carbocycles. The quantitative estimate of drug-likeness (QED) is 0.374. The average Bonchev–Trinajstić information content (AvgIpc) is 3.46. The number of hydrogen-bond donors (Lipinski definition) is 1. The number of carbonyl (C=O) groups is 3. The standard InChI is InChI=1S/C31H35F3N6O6/c1-30(2,3)46-29(43)39-12-10-38(11-13-39)28(42)20-8-6-19(17-35-20)27(41)22-16-26-36-21(15-25(31(32,33)34)40(26)37-22)18-7-9-23(44-4)24(14-18)45-5/h6-9,14,16-17,21,25,36H,10-13,15H2,1-5H3. The largest absolute Gasteiger partial charge is 0.493 e. The number of fused-ring (bicyclic) bond motifs is 1. The lowest BCUT2D eigenvalue weighted by Crippen LogP contribution is -2.51. The van der Waals surface area contributed by atoms with Crippen molar-refractivity contribution in [2.75, 3.05) is 45.7 Å². The molecule has 2 aromatic heterocycles. The number of piperazine rings is 1. The number of anilines is 1. The zero-order valence-corrected chi connectivity index (χ0v) is 26.1. The van der Waals surface area contributed by atoms with Crippen LogP contribution in [0, 0.1) is 0 Å². The van der Waals surface area contributed by atoms with Crippen molar-refractivity contribution in [3.05, 3.63) is 65.1 Å². The molecule has 0 radical (unpaired) electrons. The maximum absolute atomic E-state index is 14.2. The average molecular weight is 645 g/mol. The molecule has 1 N–H and O–H groups in total. The molecular weight excluding hydrogens is 609 g/mol. The summed E-state index contributed by atoms with van der Waals surface area (Å²) >= 11 is 0. The monoisotopic (exact) mass is 644 g/mol. The summed E-state index contributed by atoms with van der Waals surface area (Å²) in [5.74, 6) is -0.183. The summed E-state index contributed by atoms with van der Waals surface area (Å²) in [6.07, 6.45) is -4.26. The number of benzene rings is 1. The summed E-state index contributed by atoms with van der Waals surface area (Å²) in [5.41, 5.74) is -0.148. The van der Waals surface area contributed by atoms with Gasteiger partial charge in [0, 0.05) is 50.4 Å². The zero-order valence-electron chi connectivity index (χ0n) is 26.1. The molecule has 12 nitrogen and oxygen atoms in total. The number of ether oxygens (including phenoxy) is 3. The predicted octanol–water partition coefficient (Wildman–Crippen LogP) is 4.88. The molecule has 4 heterocycles.